The van der Waals surface area contributed by atoms with Crippen LogP contribution < -0.4 is 20.1 Å². The van der Waals surface area contributed by atoms with Crippen molar-refractivity contribution >= 4 is 27.5 Å². The number of nitrogens with two attached hydrogens (primary N) is 1. The highest BCUT2D eigenvalue weighted by molar-refractivity contribution is 7.89. The van der Waals surface area contributed by atoms with Crippen molar-refractivity contribution in [1.29, 1.82) is 0 Å². The van der Waals surface area contributed by atoms with E-state index in [0.29, 0.717) is 12.8 Å². The topological polar surface area (TPSA) is 122 Å². The van der Waals surface area contributed by atoms with Crippen LogP contribution in [0.4, 0.5) is 18.9 Å². The Morgan fingerprint density at radius 3 is 2.62 bits per heavy atom. The standard InChI is InChI=1S/C19H25F3N4O5S/c20-12-7-9-25(11-12)18(28)13(10-23)24-32(29,30)15-5-3-4-14(17(15)31-19(21)22)26-8-2-1-6-16(26)27/h3-5,12-13,19,24H,1-2,6-11,23H2/t12-,13-/m0/s1. The van der Waals surface area contributed by atoms with E-state index in [9.17, 15) is 31.2 Å². The van der Waals surface area contributed by atoms with Gasteiger partial charge >= 0.3 is 6.61 Å². The second kappa shape index (κ2) is 10.0. The fraction of sp³-hybridized carbons (Fsp3) is 0.579. The molecule has 3 rings (SSSR count). The predicted molar refractivity (Wildman–Crippen MR) is 109 cm³/mol. The number of amides is 2. The SMILES string of the molecule is NC[C@H](NS(=O)(=O)c1cccc(N2CCCCC2=O)c1OC(F)F)C(=O)N1CC[C@H](F)C1. The third-order valence-corrected chi connectivity index (χ3v) is 6.84. The number of likely N-dealkylation sites (tertiary alicyclic amines) is 1. The Kier molecular flexibility index (Phi) is 7.62. The van der Waals surface area contributed by atoms with E-state index >= 15 is 0 Å². The van der Waals surface area contributed by atoms with Gasteiger partial charge in [0.25, 0.3) is 0 Å². The third kappa shape index (κ3) is 5.33. The van der Waals surface area contributed by atoms with E-state index in [-0.39, 0.29) is 44.1 Å². The summed E-state index contributed by atoms with van der Waals surface area (Å²) >= 11 is 0. The highest BCUT2D eigenvalue weighted by Gasteiger charge is 2.35. The Hall–Kier alpha value is -2.38. The highest BCUT2D eigenvalue weighted by Crippen LogP contribution is 2.38. The Balaban J connectivity index is 1.94. The van der Waals surface area contributed by atoms with Crippen molar-refractivity contribution in [3.63, 3.8) is 0 Å². The van der Waals surface area contributed by atoms with E-state index in [2.05, 4.69) is 9.46 Å². The van der Waals surface area contributed by atoms with Crippen molar-refractivity contribution in [3.8, 4) is 5.75 Å². The Labute approximate surface area is 183 Å². The van der Waals surface area contributed by atoms with Gasteiger partial charge in [-0.2, -0.15) is 13.5 Å². The molecular weight excluding hydrogens is 453 g/mol. The first-order chi connectivity index (χ1) is 15.1. The molecule has 3 N–H and O–H groups in total. The number of sulfonamides is 1. The molecule has 0 aromatic heterocycles. The van der Waals surface area contributed by atoms with Crippen LogP contribution in [0.25, 0.3) is 0 Å². The number of carbonyl (C=O) groups is 2. The number of hydrogen-bond acceptors (Lipinski definition) is 6. The number of benzene rings is 1. The van der Waals surface area contributed by atoms with Crippen molar-refractivity contribution in [1.82, 2.24) is 9.62 Å². The minimum atomic E-state index is -4.58. The minimum absolute atomic E-state index is 0.103. The lowest BCUT2D eigenvalue weighted by Crippen LogP contribution is -2.51. The number of hydrogen-bond donors (Lipinski definition) is 2. The highest BCUT2D eigenvalue weighted by atomic mass is 32.2. The quantitative estimate of drug-likeness (QED) is 0.575. The number of carbonyl (C=O) groups excluding carboxylic acids is 2. The van der Waals surface area contributed by atoms with E-state index in [1.54, 1.807) is 0 Å². The monoisotopic (exact) mass is 478 g/mol. The predicted octanol–water partition coefficient (Wildman–Crippen LogP) is 0.981. The normalized spacial score (nSPS) is 20.7. The van der Waals surface area contributed by atoms with Crippen molar-refractivity contribution in [3.05, 3.63) is 18.2 Å². The molecule has 2 fully saturated rings. The molecule has 2 aliphatic rings. The second-order valence-corrected chi connectivity index (χ2v) is 9.25. The van der Waals surface area contributed by atoms with Crippen LogP contribution in [0.1, 0.15) is 25.7 Å². The summed E-state index contributed by atoms with van der Waals surface area (Å²) in [4.78, 5) is 26.6. The van der Waals surface area contributed by atoms with Gasteiger partial charge in [-0.15, -0.1) is 0 Å². The lowest BCUT2D eigenvalue weighted by Gasteiger charge is -2.29. The lowest BCUT2D eigenvalue weighted by atomic mass is 10.1. The van der Waals surface area contributed by atoms with Gasteiger partial charge in [0.1, 0.15) is 17.1 Å². The van der Waals surface area contributed by atoms with Crippen LogP contribution in [0, 0.1) is 0 Å². The molecule has 0 bridgehead atoms. The molecule has 32 heavy (non-hydrogen) atoms. The van der Waals surface area contributed by atoms with Crippen LogP contribution >= 0.6 is 0 Å². The Morgan fingerprint density at radius 2 is 2.03 bits per heavy atom. The maximum atomic E-state index is 13.4. The molecule has 9 nitrogen and oxygen atoms in total. The first-order valence-corrected chi connectivity index (χ1v) is 11.7. The van der Waals surface area contributed by atoms with Gasteiger partial charge in [-0.05, 0) is 31.4 Å². The van der Waals surface area contributed by atoms with Crippen LogP contribution in [0.15, 0.2) is 23.1 Å². The van der Waals surface area contributed by atoms with Crippen molar-refractivity contribution in [2.45, 2.75) is 49.4 Å². The second-order valence-electron chi connectivity index (χ2n) is 7.57. The fourth-order valence-corrected chi connectivity index (χ4v) is 5.14. The smallest absolute Gasteiger partial charge is 0.387 e. The number of rotatable bonds is 8. The molecule has 0 spiro atoms. The van der Waals surface area contributed by atoms with Gasteiger partial charge in [-0.25, -0.2) is 12.8 Å². The summed E-state index contributed by atoms with van der Waals surface area (Å²) in [5, 5.41) is 0. The summed E-state index contributed by atoms with van der Waals surface area (Å²) < 4.78 is 72.6. The molecule has 2 heterocycles. The van der Waals surface area contributed by atoms with Crippen molar-refractivity contribution in [2.24, 2.45) is 5.73 Å². The Bertz CT molecular complexity index is 962. The number of nitrogens with one attached hydrogen (secondary N) is 1. The number of halogens is 3. The molecule has 0 aliphatic carbocycles. The molecule has 0 unspecified atom stereocenters. The van der Waals surface area contributed by atoms with Crippen molar-refractivity contribution < 1.29 is 35.9 Å². The summed E-state index contributed by atoms with van der Waals surface area (Å²) in [5.41, 5.74) is 5.47. The van der Waals surface area contributed by atoms with Crippen LogP contribution in [-0.4, -0.2) is 70.1 Å². The first kappa shape index (κ1) is 24.3. The van der Waals surface area contributed by atoms with Gasteiger partial charge in [-0.3, -0.25) is 9.59 Å². The molecule has 2 saturated heterocycles. The molecule has 0 saturated carbocycles. The maximum absolute atomic E-state index is 13.4. The number of alkyl halides is 3. The lowest BCUT2D eigenvalue weighted by molar-refractivity contribution is -0.131. The molecule has 13 heteroatoms. The molecule has 178 valence electrons. The molecule has 1 aromatic carbocycles. The fourth-order valence-electron chi connectivity index (χ4n) is 3.78. The molecule has 2 aliphatic heterocycles. The maximum Gasteiger partial charge on any atom is 0.387 e. The van der Waals surface area contributed by atoms with E-state index in [0.717, 1.165) is 11.0 Å². The van der Waals surface area contributed by atoms with Crippen LogP contribution in [0.2, 0.25) is 0 Å². The molecule has 0 radical (unpaired) electrons. The average Bonchev–Trinajstić information content (AvgIpc) is 3.18. The zero-order chi connectivity index (χ0) is 23.5. The van der Waals surface area contributed by atoms with Gasteiger partial charge in [-0.1, -0.05) is 6.07 Å². The van der Waals surface area contributed by atoms with Gasteiger partial charge < -0.3 is 20.3 Å². The van der Waals surface area contributed by atoms with Gasteiger partial charge in [0.15, 0.2) is 5.75 Å². The van der Waals surface area contributed by atoms with E-state index < -0.39 is 51.9 Å². The largest absolute Gasteiger partial charge is 0.431 e. The average molecular weight is 478 g/mol. The molecule has 2 atom stereocenters. The van der Waals surface area contributed by atoms with Crippen molar-refractivity contribution in [2.75, 3.05) is 31.1 Å². The van der Waals surface area contributed by atoms with Crippen LogP contribution in [-0.2, 0) is 19.6 Å². The van der Waals surface area contributed by atoms with Gasteiger partial charge in [0.2, 0.25) is 21.8 Å². The first-order valence-electron chi connectivity index (χ1n) is 10.2. The van der Waals surface area contributed by atoms with Gasteiger partial charge in [0.05, 0.1) is 12.2 Å². The molecule has 2 amide bonds. The zero-order valence-corrected chi connectivity index (χ0v) is 18.0. The summed E-state index contributed by atoms with van der Waals surface area (Å²) in [6, 6.07) is 2.21. The Morgan fingerprint density at radius 1 is 1.28 bits per heavy atom. The third-order valence-electron chi connectivity index (χ3n) is 5.34. The summed E-state index contributed by atoms with van der Waals surface area (Å²) in [5.74, 6) is -1.75. The van der Waals surface area contributed by atoms with Crippen LogP contribution in [0.5, 0.6) is 5.75 Å². The molecular formula is C19H25F3N4O5S. The van der Waals surface area contributed by atoms with Crippen LogP contribution in [0.3, 0.4) is 0 Å². The van der Waals surface area contributed by atoms with E-state index in [1.807, 2.05) is 0 Å². The summed E-state index contributed by atoms with van der Waals surface area (Å²) in [6.07, 6.45) is 0.367. The number of nitrogens with zero attached hydrogens (tertiary/aromatic N) is 2. The number of ether oxygens (including phenoxy) is 1. The van der Waals surface area contributed by atoms with E-state index in [1.165, 1.54) is 17.0 Å². The van der Waals surface area contributed by atoms with Gasteiger partial charge in [0, 0.05) is 26.1 Å². The zero-order valence-electron chi connectivity index (χ0n) is 17.2. The minimum Gasteiger partial charge on any atom is -0.431 e. The number of piperidine rings is 1. The van der Waals surface area contributed by atoms with E-state index in [4.69, 9.17) is 5.73 Å². The summed E-state index contributed by atoms with van der Waals surface area (Å²) in [7, 11) is -4.58. The summed E-state index contributed by atoms with van der Waals surface area (Å²) in [6.45, 7) is -3.63. The number of para-hydroxylation sites is 1. The number of anilines is 1. The molecule has 1 aromatic rings.